The van der Waals surface area contributed by atoms with Crippen LogP contribution in [-0.2, 0) is 0 Å². The molecule has 0 radical (unpaired) electrons. The maximum atomic E-state index is 3.94. The van der Waals surface area contributed by atoms with Crippen molar-refractivity contribution in [3.8, 4) is 0 Å². The van der Waals surface area contributed by atoms with E-state index in [-0.39, 0.29) is 0 Å². The summed E-state index contributed by atoms with van der Waals surface area (Å²) >= 11 is 0. The number of nitrogens with one attached hydrogen (secondary N) is 1. The molecule has 0 aliphatic heterocycles. The summed E-state index contributed by atoms with van der Waals surface area (Å²) in [5, 5.41) is 3.94. The van der Waals surface area contributed by atoms with Gasteiger partial charge in [0.2, 0.25) is 0 Å². The van der Waals surface area contributed by atoms with Gasteiger partial charge in [-0.1, -0.05) is 39.0 Å². The second-order valence-electron chi connectivity index (χ2n) is 7.45. The highest BCUT2D eigenvalue weighted by atomic mass is 14.9. The first kappa shape index (κ1) is 13.0. The van der Waals surface area contributed by atoms with Crippen molar-refractivity contribution in [1.29, 1.82) is 0 Å². The van der Waals surface area contributed by atoms with Crippen LogP contribution in [0.2, 0.25) is 0 Å². The van der Waals surface area contributed by atoms with Gasteiger partial charge in [-0.25, -0.2) is 0 Å². The van der Waals surface area contributed by atoms with E-state index in [4.69, 9.17) is 0 Å². The lowest BCUT2D eigenvalue weighted by molar-refractivity contribution is 0.140. The Kier molecular flexibility index (Phi) is 3.98. The van der Waals surface area contributed by atoms with Gasteiger partial charge in [-0.3, -0.25) is 0 Å². The fraction of sp³-hybridized carbons (Fsp3) is 1.00. The second-order valence-corrected chi connectivity index (χ2v) is 7.45. The zero-order valence-electron chi connectivity index (χ0n) is 12.2. The quantitative estimate of drug-likeness (QED) is 0.755. The van der Waals surface area contributed by atoms with Crippen molar-refractivity contribution in [2.45, 2.75) is 83.6 Å². The fourth-order valence-corrected chi connectivity index (χ4v) is 4.64. The van der Waals surface area contributed by atoms with Crippen LogP contribution < -0.4 is 5.32 Å². The smallest absolute Gasteiger partial charge is 0.00701 e. The van der Waals surface area contributed by atoms with E-state index in [1.54, 1.807) is 0 Å². The van der Waals surface area contributed by atoms with Crippen molar-refractivity contribution in [3.05, 3.63) is 0 Å². The van der Waals surface area contributed by atoms with Crippen LogP contribution in [0.1, 0.15) is 77.6 Å². The van der Waals surface area contributed by atoms with E-state index in [1.165, 1.54) is 77.2 Å². The van der Waals surface area contributed by atoms with E-state index in [9.17, 15) is 0 Å². The zero-order valence-corrected chi connectivity index (χ0v) is 12.2. The number of hydrogen-bond donors (Lipinski definition) is 1. The average molecular weight is 249 g/mol. The normalized spacial score (nSPS) is 38.2. The molecule has 0 amide bonds. The highest BCUT2D eigenvalue weighted by Crippen LogP contribution is 2.49. The summed E-state index contributed by atoms with van der Waals surface area (Å²) < 4.78 is 0. The van der Waals surface area contributed by atoms with Crippen LogP contribution in [0, 0.1) is 17.3 Å². The Labute approximate surface area is 113 Å². The predicted molar refractivity (Wildman–Crippen MR) is 77.7 cm³/mol. The van der Waals surface area contributed by atoms with Crippen LogP contribution in [0.5, 0.6) is 0 Å². The molecule has 0 aromatic carbocycles. The molecule has 0 saturated heterocycles. The number of fused-ring (bicyclic) bond motifs is 1. The van der Waals surface area contributed by atoms with Crippen molar-refractivity contribution < 1.29 is 0 Å². The minimum absolute atomic E-state index is 0.734. The third-order valence-corrected chi connectivity index (χ3v) is 6.04. The molecule has 3 fully saturated rings. The molecular formula is C17H31N. The van der Waals surface area contributed by atoms with Gasteiger partial charge >= 0.3 is 0 Å². The lowest BCUT2D eigenvalue weighted by atomic mass is 9.69. The molecule has 1 nitrogen and oxygen atoms in total. The number of rotatable bonds is 5. The summed E-state index contributed by atoms with van der Waals surface area (Å²) in [6.07, 6.45) is 16.4. The molecule has 3 aliphatic rings. The van der Waals surface area contributed by atoms with E-state index in [1.807, 2.05) is 0 Å². The maximum absolute atomic E-state index is 3.94. The summed E-state index contributed by atoms with van der Waals surface area (Å²) in [4.78, 5) is 0. The lowest BCUT2D eigenvalue weighted by Crippen LogP contribution is -2.41. The van der Waals surface area contributed by atoms with E-state index < -0.39 is 0 Å². The minimum atomic E-state index is 0.734. The molecule has 1 N–H and O–H groups in total. The lowest BCUT2D eigenvalue weighted by Gasteiger charge is -2.40. The molecule has 104 valence electrons. The van der Waals surface area contributed by atoms with Gasteiger partial charge in [0.25, 0.3) is 0 Å². The van der Waals surface area contributed by atoms with Crippen molar-refractivity contribution in [1.82, 2.24) is 5.32 Å². The molecule has 0 spiro atoms. The molecular weight excluding hydrogens is 218 g/mol. The van der Waals surface area contributed by atoms with Crippen molar-refractivity contribution in [2.24, 2.45) is 17.3 Å². The fourth-order valence-electron chi connectivity index (χ4n) is 4.64. The Balaban J connectivity index is 1.44. The molecule has 0 aromatic heterocycles. The average Bonchev–Trinajstić information content (AvgIpc) is 3.17. The van der Waals surface area contributed by atoms with Crippen LogP contribution >= 0.6 is 0 Å². The van der Waals surface area contributed by atoms with Crippen LogP contribution in [0.25, 0.3) is 0 Å². The predicted octanol–water partition coefficient (Wildman–Crippen LogP) is 4.52. The standard InChI is InChI=1S/C17H31N/c1-2-9-17(10-11-17)13-18-16-8-7-14-5-3-4-6-15(14)12-16/h14-16,18H,2-13H2,1H3. The topological polar surface area (TPSA) is 12.0 Å². The SMILES string of the molecule is CCCC1(CNC2CCC3CCCCC3C2)CC1. The Morgan fingerprint density at radius 2 is 1.78 bits per heavy atom. The largest absolute Gasteiger partial charge is 0.313 e. The van der Waals surface area contributed by atoms with Crippen LogP contribution in [0.3, 0.4) is 0 Å². The first-order chi connectivity index (χ1) is 8.81. The highest BCUT2D eigenvalue weighted by Gasteiger charge is 2.42. The van der Waals surface area contributed by atoms with Gasteiger partial charge < -0.3 is 5.32 Å². The Morgan fingerprint density at radius 3 is 2.50 bits per heavy atom. The summed E-state index contributed by atoms with van der Waals surface area (Å²) in [6.45, 7) is 3.66. The van der Waals surface area contributed by atoms with E-state index in [0.717, 1.165) is 23.3 Å². The van der Waals surface area contributed by atoms with Crippen molar-refractivity contribution in [3.63, 3.8) is 0 Å². The Bertz CT molecular complexity index is 269. The van der Waals surface area contributed by atoms with Crippen LogP contribution in [0.4, 0.5) is 0 Å². The molecule has 0 bridgehead atoms. The summed E-state index contributed by atoms with van der Waals surface area (Å²) in [5.41, 5.74) is 0.734. The Morgan fingerprint density at radius 1 is 1.00 bits per heavy atom. The van der Waals surface area contributed by atoms with Gasteiger partial charge in [-0.15, -0.1) is 0 Å². The van der Waals surface area contributed by atoms with Gasteiger partial charge in [-0.05, 0) is 55.8 Å². The number of hydrogen-bond acceptors (Lipinski definition) is 1. The van der Waals surface area contributed by atoms with Gasteiger partial charge in [0.1, 0.15) is 0 Å². The second kappa shape index (κ2) is 5.53. The first-order valence-corrected chi connectivity index (χ1v) is 8.55. The molecule has 0 heterocycles. The summed E-state index contributed by atoms with van der Waals surface area (Å²) in [5.74, 6) is 2.17. The third kappa shape index (κ3) is 2.92. The Hall–Kier alpha value is -0.0400. The molecule has 3 aliphatic carbocycles. The van der Waals surface area contributed by atoms with E-state index in [0.29, 0.717) is 0 Å². The highest BCUT2D eigenvalue weighted by molar-refractivity contribution is 4.96. The van der Waals surface area contributed by atoms with Gasteiger partial charge in [-0.2, -0.15) is 0 Å². The zero-order chi connectivity index (χ0) is 12.4. The van der Waals surface area contributed by atoms with Crippen LogP contribution in [-0.4, -0.2) is 12.6 Å². The third-order valence-electron chi connectivity index (χ3n) is 6.04. The summed E-state index contributed by atoms with van der Waals surface area (Å²) in [7, 11) is 0. The molecule has 18 heavy (non-hydrogen) atoms. The van der Waals surface area contributed by atoms with Gasteiger partial charge in [0.15, 0.2) is 0 Å². The maximum Gasteiger partial charge on any atom is 0.00701 e. The molecule has 3 rings (SSSR count). The first-order valence-electron chi connectivity index (χ1n) is 8.55. The van der Waals surface area contributed by atoms with Crippen LogP contribution in [0.15, 0.2) is 0 Å². The van der Waals surface area contributed by atoms with E-state index in [2.05, 4.69) is 12.2 Å². The van der Waals surface area contributed by atoms with Crippen molar-refractivity contribution in [2.75, 3.05) is 6.54 Å². The summed E-state index contributed by atoms with van der Waals surface area (Å²) in [6, 6.07) is 0.860. The van der Waals surface area contributed by atoms with E-state index >= 15 is 0 Å². The van der Waals surface area contributed by atoms with Gasteiger partial charge in [0.05, 0.1) is 0 Å². The molecule has 0 aromatic rings. The molecule has 3 atom stereocenters. The molecule has 3 saturated carbocycles. The van der Waals surface area contributed by atoms with Crippen molar-refractivity contribution >= 4 is 0 Å². The molecule has 1 heteroatoms. The van der Waals surface area contributed by atoms with Gasteiger partial charge in [0, 0.05) is 12.6 Å². The monoisotopic (exact) mass is 249 g/mol. The molecule has 3 unspecified atom stereocenters. The minimum Gasteiger partial charge on any atom is -0.313 e.